The van der Waals surface area contributed by atoms with E-state index in [-0.39, 0.29) is 0 Å². The molecule has 0 amide bonds. The lowest BCUT2D eigenvalue weighted by Crippen LogP contribution is -2.12. The minimum Gasteiger partial charge on any atom is -0.493 e. The van der Waals surface area contributed by atoms with E-state index < -0.39 is 0 Å². The molecule has 0 fully saturated rings. The maximum atomic E-state index is 5.78. The second-order valence-corrected chi connectivity index (χ2v) is 5.24. The molecule has 3 aromatic rings. The minimum atomic E-state index is 0.384. The van der Waals surface area contributed by atoms with Crippen LogP contribution in [0.5, 0.6) is 5.75 Å². The monoisotopic (exact) mass is 308 g/mol. The lowest BCUT2D eigenvalue weighted by atomic mass is 10.2. The molecule has 5 heteroatoms. The Morgan fingerprint density at radius 3 is 2.35 bits per heavy atom. The fourth-order valence-corrected chi connectivity index (χ4v) is 2.47. The van der Waals surface area contributed by atoms with Crippen molar-refractivity contribution in [2.45, 2.75) is 19.5 Å². The molecule has 0 aliphatic rings. The molecule has 2 N–H and O–H groups in total. The number of para-hydroxylation sites is 1. The van der Waals surface area contributed by atoms with Gasteiger partial charge in [-0.25, -0.2) is 4.68 Å². The third kappa shape index (κ3) is 3.96. The summed E-state index contributed by atoms with van der Waals surface area (Å²) in [4.78, 5) is 0. The van der Waals surface area contributed by atoms with E-state index >= 15 is 0 Å². The van der Waals surface area contributed by atoms with E-state index in [9.17, 15) is 0 Å². The summed E-state index contributed by atoms with van der Waals surface area (Å²) in [6.07, 6.45) is 0.723. The van der Waals surface area contributed by atoms with Crippen LogP contribution >= 0.6 is 0 Å². The summed E-state index contributed by atoms with van der Waals surface area (Å²) in [5.74, 6) is 0.865. The van der Waals surface area contributed by atoms with Gasteiger partial charge in [0.25, 0.3) is 0 Å². The number of nitrogens with two attached hydrogens (primary N) is 1. The summed E-state index contributed by atoms with van der Waals surface area (Å²) in [6.45, 7) is 1.64. The topological polar surface area (TPSA) is 66.0 Å². The van der Waals surface area contributed by atoms with Crippen molar-refractivity contribution in [3.63, 3.8) is 0 Å². The van der Waals surface area contributed by atoms with Crippen LogP contribution in [0.2, 0.25) is 0 Å². The maximum absolute atomic E-state index is 5.78. The number of ether oxygens (including phenoxy) is 1. The third-order valence-electron chi connectivity index (χ3n) is 3.64. The zero-order valence-electron chi connectivity index (χ0n) is 12.9. The first-order valence-electron chi connectivity index (χ1n) is 7.70. The first-order valence-corrected chi connectivity index (χ1v) is 7.70. The molecule has 0 spiro atoms. The average Bonchev–Trinajstić information content (AvgIpc) is 2.99. The molecule has 2 aromatic carbocycles. The molecule has 5 nitrogen and oxygen atoms in total. The predicted octanol–water partition coefficient (Wildman–Crippen LogP) is 2.41. The normalized spacial score (nSPS) is 10.7. The van der Waals surface area contributed by atoms with Gasteiger partial charge in [-0.05, 0) is 17.7 Å². The number of hydrogen-bond donors (Lipinski definition) is 1. The van der Waals surface area contributed by atoms with E-state index in [4.69, 9.17) is 10.5 Å². The van der Waals surface area contributed by atoms with Gasteiger partial charge in [-0.1, -0.05) is 53.7 Å². The zero-order chi connectivity index (χ0) is 15.9. The van der Waals surface area contributed by atoms with Crippen LogP contribution in [0.1, 0.15) is 17.0 Å². The molecule has 118 valence electrons. The van der Waals surface area contributed by atoms with Gasteiger partial charge in [0.1, 0.15) is 5.75 Å². The Morgan fingerprint density at radius 2 is 1.65 bits per heavy atom. The first kappa shape index (κ1) is 15.2. The van der Waals surface area contributed by atoms with Crippen LogP contribution in [0, 0.1) is 0 Å². The molecule has 0 aliphatic carbocycles. The molecule has 0 radical (unpaired) electrons. The molecule has 0 unspecified atom stereocenters. The Morgan fingerprint density at radius 1 is 0.957 bits per heavy atom. The van der Waals surface area contributed by atoms with Gasteiger partial charge in [-0.15, -0.1) is 5.10 Å². The van der Waals surface area contributed by atoms with Crippen LogP contribution in [-0.4, -0.2) is 21.6 Å². The second-order valence-electron chi connectivity index (χ2n) is 5.24. The quantitative estimate of drug-likeness (QED) is 0.728. The van der Waals surface area contributed by atoms with Crippen LogP contribution in [-0.2, 0) is 19.5 Å². The fraction of sp³-hybridized carbons (Fsp3) is 0.222. The number of nitrogens with zero attached hydrogens (tertiary/aromatic N) is 3. The lowest BCUT2D eigenvalue weighted by molar-refractivity contribution is 0.317. The molecule has 0 atom stereocenters. The summed E-state index contributed by atoms with van der Waals surface area (Å²) < 4.78 is 7.68. The van der Waals surface area contributed by atoms with Crippen molar-refractivity contribution < 1.29 is 4.74 Å². The van der Waals surface area contributed by atoms with E-state index in [0.717, 1.165) is 23.6 Å². The molecule has 23 heavy (non-hydrogen) atoms. The molecule has 0 saturated carbocycles. The van der Waals surface area contributed by atoms with Gasteiger partial charge in [0.15, 0.2) is 0 Å². The molecule has 1 aromatic heterocycles. The zero-order valence-corrected chi connectivity index (χ0v) is 12.9. The van der Waals surface area contributed by atoms with E-state index in [2.05, 4.69) is 22.4 Å². The van der Waals surface area contributed by atoms with E-state index in [0.29, 0.717) is 19.7 Å². The van der Waals surface area contributed by atoms with Crippen LogP contribution in [0.15, 0.2) is 60.7 Å². The van der Waals surface area contributed by atoms with Crippen LogP contribution in [0.4, 0.5) is 0 Å². The van der Waals surface area contributed by atoms with Crippen molar-refractivity contribution in [2.24, 2.45) is 5.73 Å². The van der Waals surface area contributed by atoms with Gasteiger partial charge in [0, 0.05) is 13.0 Å². The summed E-state index contributed by atoms with van der Waals surface area (Å²) in [6, 6.07) is 20.0. The summed E-state index contributed by atoms with van der Waals surface area (Å²) in [5.41, 5.74) is 8.84. The SMILES string of the molecule is NCc1nnn(Cc2ccccc2)c1CCOc1ccccc1. The minimum absolute atomic E-state index is 0.384. The summed E-state index contributed by atoms with van der Waals surface area (Å²) in [7, 11) is 0. The average molecular weight is 308 g/mol. The standard InChI is InChI=1S/C18H20N4O/c19-13-17-18(11-12-23-16-9-5-2-6-10-16)22(21-20-17)14-15-7-3-1-4-8-15/h1-10H,11-14,19H2. The smallest absolute Gasteiger partial charge is 0.119 e. The van der Waals surface area contributed by atoms with Crippen molar-refractivity contribution in [2.75, 3.05) is 6.61 Å². The van der Waals surface area contributed by atoms with Crippen molar-refractivity contribution in [3.05, 3.63) is 77.6 Å². The van der Waals surface area contributed by atoms with Crippen molar-refractivity contribution >= 4 is 0 Å². The maximum Gasteiger partial charge on any atom is 0.119 e. The Bertz CT molecular complexity index is 725. The summed E-state index contributed by atoms with van der Waals surface area (Å²) in [5, 5.41) is 8.43. The van der Waals surface area contributed by atoms with Gasteiger partial charge in [-0.2, -0.15) is 0 Å². The first-order chi connectivity index (χ1) is 11.4. The molecular weight excluding hydrogens is 288 g/mol. The van der Waals surface area contributed by atoms with Gasteiger partial charge in [0.05, 0.1) is 24.5 Å². The highest BCUT2D eigenvalue weighted by molar-refractivity contribution is 5.21. The Balaban J connectivity index is 1.68. The van der Waals surface area contributed by atoms with Crippen molar-refractivity contribution in [3.8, 4) is 5.75 Å². The lowest BCUT2D eigenvalue weighted by Gasteiger charge is -2.09. The van der Waals surface area contributed by atoms with E-state index in [1.807, 2.05) is 53.2 Å². The molecule has 0 bridgehead atoms. The second kappa shape index (κ2) is 7.56. The molecular formula is C18H20N4O. The number of hydrogen-bond acceptors (Lipinski definition) is 4. The third-order valence-corrected chi connectivity index (χ3v) is 3.64. The number of aromatic nitrogens is 3. The Kier molecular flexibility index (Phi) is 5.01. The largest absolute Gasteiger partial charge is 0.493 e. The molecule has 0 saturated heterocycles. The van der Waals surface area contributed by atoms with Gasteiger partial charge in [-0.3, -0.25) is 0 Å². The van der Waals surface area contributed by atoms with Crippen molar-refractivity contribution in [1.82, 2.24) is 15.0 Å². The fourth-order valence-electron chi connectivity index (χ4n) is 2.47. The van der Waals surface area contributed by atoms with Gasteiger partial charge >= 0.3 is 0 Å². The van der Waals surface area contributed by atoms with Crippen LogP contribution < -0.4 is 10.5 Å². The van der Waals surface area contributed by atoms with Gasteiger partial charge in [0.2, 0.25) is 0 Å². The Labute approximate surface area is 135 Å². The highest BCUT2D eigenvalue weighted by Crippen LogP contribution is 2.12. The summed E-state index contributed by atoms with van der Waals surface area (Å²) >= 11 is 0. The number of benzene rings is 2. The molecule has 3 rings (SSSR count). The van der Waals surface area contributed by atoms with E-state index in [1.54, 1.807) is 0 Å². The van der Waals surface area contributed by atoms with Gasteiger partial charge < -0.3 is 10.5 Å². The molecule has 0 aliphatic heterocycles. The van der Waals surface area contributed by atoms with Crippen LogP contribution in [0.25, 0.3) is 0 Å². The predicted molar refractivity (Wildman–Crippen MR) is 89.1 cm³/mol. The van der Waals surface area contributed by atoms with Crippen molar-refractivity contribution in [1.29, 1.82) is 0 Å². The van der Waals surface area contributed by atoms with E-state index in [1.165, 1.54) is 5.56 Å². The Hall–Kier alpha value is -2.66. The highest BCUT2D eigenvalue weighted by atomic mass is 16.5. The highest BCUT2D eigenvalue weighted by Gasteiger charge is 2.12. The molecule has 1 heterocycles. The van der Waals surface area contributed by atoms with Crippen LogP contribution in [0.3, 0.4) is 0 Å². The number of rotatable bonds is 7.